The fraction of sp³-hybridized carbons (Fsp3) is 0.647. The van der Waals surface area contributed by atoms with Crippen molar-refractivity contribution in [1.82, 2.24) is 5.32 Å². The summed E-state index contributed by atoms with van der Waals surface area (Å²) in [5, 5.41) is 3.22. The van der Waals surface area contributed by atoms with Crippen molar-refractivity contribution in [2.45, 2.75) is 56.4 Å². The standard InChI is InChI=1S/C17H27NO2S/c1-13(2)14-8-10-16(11-9-14)21(19,20)12-17(18-3)15-6-4-5-7-15/h8-11,13,15,17-18H,4-7,12H2,1-3H3. The van der Waals surface area contributed by atoms with Crippen LogP contribution in [0.5, 0.6) is 0 Å². The molecule has 1 N–H and O–H groups in total. The van der Waals surface area contributed by atoms with Crippen molar-refractivity contribution >= 4 is 9.84 Å². The van der Waals surface area contributed by atoms with E-state index in [1.165, 1.54) is 18.4 Å². The zero-order valence-corrected chi connectivity index (χ0v) is 14.1. The van der Waals surface area contributed by atoms with Gasteiger partial charge in [-0.2, -0.15) is 0 Å². The van der Waals surface area contributed by atoms with Crippen LogP contribution < -0.4 is 5.32 Å². The first-order valence-corrected chi connectivity index (χ1v) is 9.59. The minimum absolute atomic E-state index is 0.0716. The number of sulfone groups is 1. The smallest absolute Gasteiger partial charge is 0.179 e. The summed E-state index contributed by atoms with van der Waals surface area (Å²) in [5.41, 5.74) is 1.18. The van der Waals surface area contributed by atoms with E-state index >= 15 is 0 Å². The summed E-state index contributed by atoms with van der Waals surface area (Å²) in [6, 6.07) is 7.45. The van der Waals surface area contributed by atoms with Crippen molar-refractivity contribution in [3.63, 3.8) is 0 Å². The van der Waals surface area contributed by atoms with E-state index < -0.39 is 9.84 Å². The van der Waals surface area contributed by atoms with E-state index in [2.05, 4.69) is 19.2 Å². The topological polar surface area (TPSA) is 46.2 Å². The summed E-state index contributed by atoms with van der Waals surface area (Å²) in [6.45, 7) is 4.22. The van der Waals surface area contributed by atoms with Crippen LogP contribution in [-0.2, 0) is 9.84 Å². The van der Waals surface area contributed by atoms with Crippen molar-refractivity contribution in [3.8, 4) is 0 Å². The van der Waals surface area contributed by atoms with Gasteiger partial charge < -0.3 is 5.32 Å². The van der Waals surface area contributed by atoms with Gasteiger partial charge in [0.15, 0.2) is 9.84 Å². The lowest BCUT2D eigenvalue weighted by molar-refractivity contribution is 0.404. The average molecular weight is 309 g/mol. The second-order valence-electron chi connectivity index (χ2n) is 6.44. The van der Waals surface area contributed by atoms with Gasteiger partial charge in [-0.25, -0.2) is 8.42 Å². The molecule has 0 heterocycles. The second-order valence-corrected chi connectivity index (χ2v) is 8.48. The first-order valence-electron chi connectivity index (χ1n) is 7.94. The average Bonchev–Trinajstić information content (AvgIpc) is 2.99. The summed E-state index contributed by atoms with van der Waals surface area (Å²) in [4.78, 5) is 0.449. The molecule has 0 bridgehead atoms. The highest BCUT2D eigenvalue weighted by molar-refractivity contribution is 7.91. The highest BCUT2D eigenvalue weighted by atomic mass is 32.2. The van der Waals surface area contributed by atoms with Crippen LogP contribution in [-0.4, -0.2) is 27.3 Å². The molecule has 1 unspecified atom stereocenters. The lowest BCUT2D eigenvalue weighted by Crippen LogP contribution is -2.38. The fourth-order valence-corrected chi connectivity index (χ4v) is 4.86. The molecule has 2 rings (SSSR count). The van der Waals surface area contributed by atoms with E-state index in [-0.39, 0.29) is 11.8 Å². The number of hydrogen-bond donors (Lipinski definition) is 1. The number of nitrogens with one attached hydrogen (secondary N) is 1. The van der Waals surface area contributed by atoms with E-state index in [1.54, 1.807) is 12.1 Å². The Morgan fingerprint density at radius 3 is 2.19 bits per heavy atom. The van der Waals surface area contributed by atoms with Gasteiger partial charge in [0.05, 0.1) is 10.6 Å². The van der Waals surface area contributed by atoms with Gasteiger partial charge in [-0.15, -0.1) is 0 Å². The molecule has 1 aromatic rings. The van der Waals surface area contributed by atoms with E-state index in [9.17, 15) is 8.42 Å². The highest BCUT2D eigenvalue weighted by Gasteiger charge is 2.29. The molecule has 0 aromatic heterocycles. The molecule has 1 atom stereocenters. The summed E-state index contributed by atoms with van der Waals surface area (Å²) in [7, 11) is -1.34. The van der Waals surface area contributed by atoms with Crippen molar-refractivity contribution in [2.24, 2.45) is 5.92 Å². The molecule has 21 heavy (non-hydrogen) atoms. The predicted octanol–water partition coefficient (Wildman–Crippen LogP) is 3.36. The predicted molar refractivity (Wildman–Crippen MR) is 87.4 cm³/mol. The summed E-state index contributed by atoms with van der Waals surface area (Å²) in [6.07, 6.45) is 4.75. The molecule has 4 heteroatoms. The maximum absolute atomic E-state index is 12.6. The molecule has 118 valence electrons. The lowest BCUT2D eigenvalue weighted by atomic mass is 10.0. The Kier molecular flexibility index (Phi) is 5.44. The van der Waals surface area contributed by atoms with Crippen molar-refractivity contribution in [3.05, 3.63) is 29.8 Å². The monoisotopic (exact) mass is 309 g/mol. The Hall–Kier alpha value is -0.870. The highest BCUT2D eigenvalue weighted by Crippen LogP contribution is 2.29. The van der Waals surface area contributed by atoms with Crippen LogP contribution in [0.2, 0.25) is 0 Å². The Morgan fingerprint density at radius 1 is 1.14 bits per heavy atom. The van der Waals surface area contributed by atoms with Crippen LogP contribution in [0.25, 0.3) is 0 Å². The summed E-state index contributed by atoms with van der Waals surface area (Å²) >= 11 is 0. The van der Waals surface area contributed by atoms with E-state index in [0.717, 1.165) is 12.8 Å². The molecule has 1 fully saturated rings. The molecule has 1 aliphatic rings. The molecule has 3 nitrogen and oxygen atoms in total. The third kappa shape index (κ3) is 4.07. The van der Waals surface area contributed by atoms with Crippen LogP contribution in [0.1, 0.15) is 51.0 Å². The van der Waals surface area contributed by atoms with Crippen LogP contribution in [0, 0.1) is 5.92 Å². The van der Waals surface area contributed by atoms with Crippen LogP contribution in [0.4, 0.5) is 0 Å². The van der Waals surface area contributed by atoms with Gasteiger partial charge in [0.2, 0.25) is 0 Å². The maximum Gasteiger partial charge on any atom is 0.179 e. The summed E-state index contributed by atoms with van der Waals surface area (Å²) in [5.74, 6) is 1.12. The largest absolute Gasteiger partial charge is 0.316 e. The number of hydrogen-bond acceptors (Lipinski definition) is 3. The van der Waals surface area contributed by atoms with Gasteiger partial charge in [-0.05, 0) is 49.4 Å². The van der Waals surface area contributed by atoms with Gasteiger partial charge in [0.1, 0.15) is 0 Å². The van der Waals surface area contributed by atoms with E-state index in [4.69, 9.17) is 0 Å². The number of rotatable bonds is 6. The number of benzene rings is 1. The molecule has 0 amide bonds. The third-order valence-corrected chi connectivity index (χ3v) is 6.43. The van der Waals surface area contributed by atoms with E-state index in [0.29, 0.717) is 16.7 Å². The van der Waals surface area contributed by atoms with Gasteiger partial charge in [0, 0.05) is 6.04 Å². The first-order chi connectivity index (χ1) is 9.94. The minimum Gasteiger partial charge on any atom is -0.316 e. The van der Waals surface area contributed by atoms with Gasteiger partial charge >= 0.3 is 0 Å². The molecular formula is C17H27NO2S. The quantitative estimate of drug-likeness (QED) is 0.876. The molecule has 1 saturated carbocycles. The fourth-order valence-electron chi connectivity index (χ4n) is 3.21. The molecule has 0 saturated heterocycles. The Labute approximate surface area is 129 Å². The van der Waals surface area contributed by atoms with Crippen molar-refractivity contribution in [1.29, 1.82) is 0 Å². The molecule has 1 aliphatic carbocycles. The van der Waals surface area contributed by atoms with Crippen molar-refractivity contribution < 1.29 is 8.42 Å². The van der Waals surface area contributed by atoms with Crippen molar-refractivity contribution in [2.75, 3.05) is 12.8 Å². The molecule has 0 spiro atoms. The Balaban J connectivity index is 2.12. The summed E-state index contributed by atoms with van der Waals surface area (Å²) < 4.78 is 25.2. The maximum atomic E-state index is 12.6. The Morgan fingerprint density at radius 2 is 1.71 bits per heavy atom. The van der Waals surface area contributed by atoms with Crippen LogP contribution in [0.15, 0.2) is 29.2 Å². The third-order valence-electron chi connectivity index (χ3n) is 4.64. The van der Waals surface area contributed by atoms with Crippen LogP contribution in [0.3, 0.4) is 0 Å². The molecule has 0 aliphatic heterocycles. The molecular weight excluding hydrogens is 282 g/mol. The lowest BCUT2D eigenvalue weighted by Gasteiger charge is -2.22. The normalized spacial score (nSPS) is 18.3. The first kappa shape index (κ1) is 16.5. The van der Waals surface area contributed by atoms with E-state index in [1.807, 2.05) is 19.2 Å². The zero-order valence-electron chi connectivity index (χ0n) is 13.3. The van der Waals surface area contributed by atoms with Gasteiger partial charge in [-0.1, -0.05) is 38.8 Å². The molecule has 1 aromatic carbocycles. The SMILES string of the molecule is CNC(CS(=O)(=O)c1ccc(C(C)C)cc1)C1CCCC1. The second kappa shape index (κ2) is 6.93. The van der Waals surface area contributed by atoms with Gasteiger partial charge in [0.25, 0.3) is 0 Å². The minimum atomic E-state index is -3.21. The van der Waals surface area contributed by atoms with Crippen LogP contribution >= 0.6 is 0 Å². The zero-order chi connectivity index (χ0) is 15.5. The van der Waals surface area contributed by atoms with Gasteiger partial charge in [-0.3, -0.25) is 0 Å². The Bertz CT molecular complexity index is 543. The molecule has 0 radical (unpaired) electrons.